The fraction of sp³-hybridized carbons (Fsp3) is 0.533. The van der Waals surface area contributed by atoms with Gasteiger partial charge in [0, 0.05) is 12.6 Å². The number of carbonyl (C=O) groups excluding carboxylic acids is 1. The maximum atomic E-state index is 11.2. The molecule has 0 aliphatic rings. The van der Waals surface area contributed by atoms with Crippen molar-refractivity contribution in [2.24, 2.45) is 5.73 Å². The van der Waals surface area contributed by atoms with E-state index in [4.69, 9.17) is 10.5 Å². The van der Waals surface area contributed by atoms with Crippen LogP contribution < -0.4 is 15.8 Å². The van der Waals surface area contributed by atoms with Crippen LogP contribution >= 0.6 is 0 Å². The number of nitrogens with two attached hydrogens (primary N) is 1. The summed E-state index contributed by atoms with van der Waals surface area (Å²) in [6.07, 6.45) is 2.36. The Hall–Kier alpha value is -1.55. The van der Waals surface area contributed by atoms with Gasteiger partial charge in [-0.05, 0) is 44.4 Å². The second-order valence-electron chi connectivity index (χ2n) is 4.71. The molecule has 0 saturated carbocycles. The number of carbonyl (C=O) groups is 1. The van der Waals surface area contributed by atoms with E-state index in [-0.39, 0.29) is 11.9 Å². The van der Waals surface area contributed by atoms with E-state index in [1.165, 1.54) is 5.56 Å². The topological polar surface area (TPSA) is 64.3 Å². The lowest BCUT2D eigenvalue weighted by molar-refractivity contribution is -0.121. The van der Waals surface area contributed by atoms with Gasteiger partial charge in [-0.1, -0.05) is 12.1 Å². The Morgan fingerprint density at radius 1 is 1.37 bits per heavy atom. The Kier molecular flexibility index (Phi) is 6.97. The fourth-order valence-electron chi connectivity index (χ4n) is 1.69. The van der Waals surface area contributed by atoms with E-state index in [9.17, 15) is 4.79 Å². The molecule has 0 spiro atoms. The first-order valence-corrected chi connectivity index (χ1v) is 6.85. The molecular formula is C15H24N2O2. The van der Waals surface area contributed by atoms with Crippen LogP contribution in [0, 0.1) is 0 Å². The van der Waals surface area contributed by atoms with Gasteiger partial charge in [0.25, 0.3) is 0 Å². The molecule has 106 valence electrons. The first-order chi connectivity index (χ1) is 9.11. The average Bonchev–Trinajstić information content (AvgIpc) is 2.38. The van der Waals surface area contributed by atoms with E-state index < -0.39 is 0 Å². The van der Waals surface area contributed by atoms with Crippen LogP contribution in [0.25, 0.3) is 0 Å². The molecule has 1 aromatic rings. The average molecular weight is 264 g/mol. The van der Waals surface area contributed by atoms with Gasteiger partial charge >= 0.3 is 0 Å². The monoisotopic (exact) mass is 264 g/mol. The van der Waals surface area contributed by atoms with E-state index in [1.54, 1.807) is 0 Å². The van der Waals surface area contributed by atoms with Crippen LogP contribution in [0.5, 0.6) is 5.75 Å². The minimum atomic E-state index is 0.0241. The summed E-state index contributed by atoms with van der Waals surface area (Å²) in [6, 6.07) is 8.20. The van der Waals surface area contributed by atoms with Crippen molar-refractivity contribution in [2.75, 3.05) is 13.2 Å². The second kappa shape index (κ2) is 8.53. The van der Waals surface area contributed by atoms with Crippen molar-refractivity contribution in [1.82, 2.24) is 5.32 Å². The lowest BCUT2D eigenvalue weighted by atomic mass is 10.1. The maximum absolute atomic E-state index is 11.2. The molecule has 4 nitrogen and oxygen atoms in total. The predicted octanol–water partition coefficient (Wildman–Crippen LogP) is 1.87. The predicted molar refractivity (Wildman–Crippen MR) is 77.2 cm³/mol. The van der Waals surface area contributed by atoms with Gasteiger partial charge in [-0.25, -0.2) is 0 Å². The Morgan fingerprint density at radius 3 is 2.63 bits per heavy atom. The van der Waals surface area contributed by atoms with Gasteiger partial charge in [0.1, 0.15) is 5.75 Å². The van der Waals surface area contributed by atoms with Gasteiger partial charge in [-0.15, -0.1) is 0 Å². The molecule has 0 saturated heterocycles. The van der Waals surface area contributed by atoms with Crippen molar-refractivity contribution in [3.8, 4) is 5.75 Å². The Labute approximate surface area is 115 Å². The number of ether oxygens (including phenoxy) is 1. The molecule has 0 fully saturated rings. The van der Waals surface area contributed by atoms with E-state index in [0.717, 1.165) is 18.6 Å². The normalized spacial score (nSPS) is 11.9. The highest BCUT2D eigenvalue weighted by Crippen LogP contribution is 2.14. The highest BCUT2D eigenvalue weighted by Gasteiger charge is 2.01. The molecule has 0 radical (unpaired) electrons. The molecule has 4 heteroatoms. The number of hydrogen-bond donors (Lipinski definition) is 2. The van der Waals surface area contributed by atoms with Crippen LogP contribution in [0.4, 0.5) is 0 Å². The Bertz CT molecular complexity index is 374. The van der Waals surface area contributed by atoms with Crippen LogP contribution in [0.2, 0.25) is 0 Å². The summed E-state index contributed by atoms with van der Waals surface area (Å²) in [5, 5.41) is 2.74. The number of benzene rings is 1. The molecule has 3 N–H and O–H groups in total. The molecule has 1 amide bonds. The summed E-state index contributed by atoms with van der Waals surface area (Å²) in [6.45, 7) is 4.98. The number of rotatable bonds is 8. The zero-order valence-electron chi connectivity index (χ0n) is 11.8. The molecule has 1 atom stereocenters. The summed E-state index contributed by atoms with van der Waals surface area (Å²) < 4.78 is 5.52. The van der Waals surface area contributed by atoms with E-state index in [0.29, 0.717) is 19.6 Å². The maximum Gasteiger partial charge on any atom is 0.223 e. The van der Waals surface area contributed by atoms with Gasteiger partial charge in [0.05, 0.1) is 13.0 Å². The molecule has 19 heavy (non-hydrogen) atoms. The number of hydrogen-bond acceptors (Lipinski definition) is 3. The summed E-state index contributed by atoms with van der Waals surface area (Å²) in [4.78, 5) is 11.2. The number of aryl methyl sites for hydroxylation is 1. The van der Waals surface area contributed by atoms with Gasteiger partial charge in [-0.2, -0.15) is 0 Å². The van der Waals surface area contributed by atoms with Crippen LogP contribution in [0.15, 0.2) is 24.3 Å². The van der Waals surface area contributed by atoms with Gasteiger partial charge in [-0.3, -0.25) is 4.79 Å². The zero-order chi connectivity index (χ0) is 14.1. The molecule has 0 heterocycles. The van der Waals surface area contributed by atoms with Crippen LogP contribution in [-0.4, -0.2) is 25.1 Å². The van der Waals surface area contributed by atoms with Crippen LogP contribution in [-0.2, 0) is 11.2 Å². The summed E-state index contributed by atoms with van der Waals surface area (Å²) in [7, 11) is 0. The Morgan fingerprint density at radius 2 is 2.05 bits per heavy atom. The van der Waals surface area contributed by atoms with E-state index in [2.05, 4.69) is 5.32 Å². The first kappa shape index (κ1) is 15.5. The molecule has 1 rings (SSSR count). The molecular weight excluding hydrogens is 240 g/mol. The molecule has 1 unspecified atom stereocenters. The second-order valence-corrected chi connectivity index (χ2v) is 4.71. The van der Waals surface area contributed by atoms with Crippen molar-refractivity contribution in [1.29, 1.82) is 0 Å². The third-order valence-electron chi connectivity index (χ3n) is 2.78. The summed E-state index contributed by atoms with van der Waals surface area (Å²) in [5.41, 5.74) is 6.98. The lowest BCUT2D eigenvalue weighted by Crippen LogP contribution is -2.24. The van der Waals surface area contributed by atoms with E-state index >= 15 is 0 Å². The minimum absolute atomic E-state index is 0.0241. The molecule has 1 aromatic carbocycles. The first-order valence-electron chi connectivity index (χ1n) is 6.85. The van der Waals surface area contributed by atoms with Crippen molar-refractivity contribution >= 4 is 5.91 Å². The molecule has 0 aromatic heterocycles. The quantitative estimate of drug-likeness (QED) is 0.753. The van der Waals surface area contributed by atoms with Crippen molar-refractivity contribution in [3.05, 3.63) is 29.8 Å². The van der Waals surface area contributed by atoms with Crippen LogP contribution in [0.1, 0.15) is 32.3 Å². The van der Waals surface area contributed by atoms with Crippen molar-refractivity contribution < 1.29 is 9.53 Å². The lowest BCUT2D eigenvalue weighted by Gasteiger charge is -2.08. The van der Waals surface area contributed by atoms with Gasteiger partial charge < -0.3 is 15.8 Å². The molecule has 0 bridgehead atoms. The standard InChI is InChI=1S/C15H24N2O2/c1-3-17-15(18)10-11-19-14-8-6-13(7-9-14)5-4-12(2)16/h6-9,12H,3-5,10-11,16H2,1-2H3,(H,17,18). The van der Waals surface area contributed by atoms with Crippen molar-refractivity contribution in [2.45, 2.75) is 39.2 Å². The van der Waals surface area contributed by atoms with Crippen molar-refractivity contribution in [3.63, 3.8) is 0 Å². The van der Waals surface area contributed by atoms with Gasteiger partial charge in [0.15, 0.2) is 0 Å². The molecule has 0 aliphatic carbocycles. The number of nitrogens with one attached hydrogen (secondary N) is 1. The van der Waals surface area contributed by atoms with Crippen LogP contribution in [0.3, 0.4) is 0 Å². The summed E-state index contributed by atoms with van der Waals surface area (Å²) >= 11 is 0. The highest BCUT2D eigenvalue weighted by molar-refractivity contribution is 5.75. The third-order valence-corrected chi connectivity index (χ3v) is 2.78. The SMILES string of the molecule is CCNC(=O)CCOc1ccc(CCC(C)N)cc1. The fourth-order valence-corrected chi connectivity index (χ4v) is 1.69. The smallest absolute Gasteiger partial charge is 0.223 e. The zero-order valence-corrected chi connectivity index (χ0v) is 11.8. The third kappa shape index (κ3) is 6.82. The summed E-state index contributed by atoms with van der Waals surface area (Å²) in [5.74, 6) is 0.824. The highest BCUT2D eigenvalue weighted by atomic mass is 16.5. The Balaban J connectivity index is 2.30. The van der Waals surface area contributed by atoms with E-state index in [1.807, 2.05) is 38.1 Å². The van der Waals surface area contributed by atoms with Gasteiger partial charge in [0.2, 0.25) is 5.91 Å². The molecule has 0 aliphatic heterocycles. The largest absolute Gasteiger partial charge is 0.493 e. The minimum Gasteiger partial charge on any atom is -0.493 e. The number of amides is 1.